The summed E-state index contributed by atoms with van der Waals surface area (Å²) in [6, 6.07) is 4.64. The van der Waals surface area contributed by atoms with E-state index in [0.717, 1.165) is 10.2 Å². The van der Waals surface area contributed by atoms with Crippen molar-refractivity contribution in [3.05, 3.63) is 33.7 Å². The van der Waals surface area contributed by atoms with Crippen molar-refractivity contribution in [1.82, 2.24) is 4.98 Å². The number of anilines is 2. The van der Waals surface area contributed by atoms with Crippen LogP contribution in [-0.4, -0.2) is 13.4 Å². The molecule has 2 rings (SSSR count). The lowest BCUT2D eigenvalue weighted by molar-refractivity contribution is 0.573. The van der Waals surface area contributed by atoms with Crippen molar-refractivity contribution in [2.75, 3.05) is 10.5 Å². The molecule has 0 radical (unpaired) electrons. The van der Waals surface area contributed by atoms with Gasteiger partial charge in [-0.2, -0.15) is 0 Å². The molecule has 0 fully saturated rings. The molecule has 0 atom stereocenters. The number of benzene rings is 1. The molecule has 0 saturated carbocycles. The predicted octanol–water partition coefficient (Wildman–Crippen LogP) is 3.59. The second-order valence-corrected chi connectivity index (χ2v) is 9.00. The Labute approximate surface area is 136 Å². The third kappa shape index (κ3) is 3.75. The lowest BCUT2D eigenvalue weighted by Gasteiger charge is -2.14. The average Bonchev–Trinajstić information content (AvgIpc) is 2.75. The molecule has 0 aliphatic heterocycles. The summed E-state index contributed by atoms with van der Waals surface area (Å²) in [7, 11) is -3.74. The van der Waals surface area contributed by atoms with E-state index in [4.69, 9.17) is 5.73 Å². The highest BCUT2D eigenvalue weighted by molar-refractivity contribution is 9.10. The molecule has 8 heteroatoms. The van der Waals surface area contributed by atoms with Crippen LogP contribution in [0.25, 0.3) is 0 Å². The maximum atomic E-state index is 12.4. The average molecular weight is 390 g/mol. The van der Waals surface area contributed by atoms with E-state index in [1.165, 1.54) is 17.4 Å². The molecule has 21 heavy (non-hydrogen) atoms. The predicted molar refractivity (Wildman–Crippen MR) is 90.2 cm³/mol. The minimum Gasteiger partial charge on any atom is -0.398 e. The van der Waals surface area contributed by atoms with Gasteiger partial charge in [-0.05, 0) is 18.2 Å². The van der Waals surface area contributed by atoms with E-state index in [1.807, 2.05) is 26.2 Å². The highest BCUT2D eigenvalue weighted by Crippen LogP contribution is 2.29. The van der Waals surface area contributed by atoms with Gasteiger partial charge in [0.05, 0.1) is 11.4 Å². The number of nitrogens with one attached hydrogen (secondary N) is 1. The standard InChI is InChI=1S/C13H16BrN3O2S2/c1-13(2,3)11-7-20-12(16-11)17-21(18,19)10-5-4-8(14)6-9(10)15/h4-7H,15H2,1-3H3,(H,16,17). The molecule has 0 amide bonds. The fourth-order valence-electron chi connectivity index (χ4n) is 1.60. The molecule has 1 heterocycles. The summed E-state index contributed by atoms with van der Waals surface area (Å²) in [5.74, 6) is 0. The fourth-order valence-corrected chi connectivity index (χ4v) is 4.28. The van der Waals surface area contributed by atoms with Crippen LogP contribution in [0.4, 0.5) is 10.8 Å². The summed E-state index contributed by atoms with van der Waals surface area (Å²) in [5.41, 5.74) is 6.67. The second-order valence-electron chi connectivity index (χ2n) is 5.58. The van der Waals surface area contributed by atoms with Crippen LogP contribution >= 0.6 is 27.3 Å². The van der Waals surface area contributed by atoms with Crippen LogP contribution in [0.1, 0.15) is 26.5 Å². The van der Waals surface area contributed by atoms with Crippen LogP contribution in [-0.2, 0) is 15.4 Å². The first-order valence-corrected chi connectivity index (χ1v) is 9.29. The van der Waals surface area contributed by atoms with Crippen molar-refractivity contribution in [3.8, 4) is 0 Å². The number of halogens is 1. The van der Waals surface area contributed by atoms with Crippen molar-refractivity contribution in [2.45, 2.75) is 31.1 Å². The minimum absolute atomic E-state index is 0.0400. The van der Waals surface area contributed by atoms with Gasteiger partial charge >= 0.3 is 0 Å². The van der Waals surface area contributed by atoms with E-state index in [1.54, 1.807) is 12.1 Å². The van der Waals surface area contributed by atoms with Crippen molar-refractivity contribution >= 4 is 48.1 Å². The number of nitrogens with zero attached hydrogens (tertiary/aromatic N) is 1. The summed E-state index contributed by atoms with van der Waals surface area (Å²) in [5, 5.41) is 2.19. The Bertz CT molecular complexity index is 764. The molecule has 2 aromatic rings. The molecule has 1 aromatic carbocycles. The third-order valence-corrected chi connectivity index (χ3v) is 5.55. The van der Waals surface area contributed by atoms with Gasteiger partial charge in [0, 0.05) is 15.3 Å². The number of nitrogen functional groups attached to an aromatic ring is 1. The van der Waals surface area contributed by atoms with E-state index in [-0.39, 0.29) is 16.0 Å². The molecule has 3 N–H and O–H groups in total. The minimum atomic E-state index is -3.74. The molecule has 0 aliphatic carbocycles. The fraction of sp³-hybridized carbons (Fsp3) is 0.308. The third-order valence-electron chi connectivity index (χ3n) is 2.76. The number of rotatable bonds is 3. The van der Waals surface area contributed by atoms with E-state index >= 15 is 0 Å². The van der Waals surface area contributed by atoms with Crippen molar-refractivity contribution in [3.63, 3.8) is 0 Å². The highest BCUT2D eigenvalue weighted by atomic mass is 79.9. The number of thiazole rings is 1. The van der Waals surface area contributed by atoms with E-state index in [9.17, 15) is 8.42 Å². The summed E-state index contributed by atoms with van der Waals surface area (Å²) in [4.78, 5) is 4.36. The van der Waals surface area contributed by atoms with Gasteiger partial charge < -0.3 is 5.73 Å². The molecule has 0 bridgehead atoms. The molecule has 0 aliphatic rings. The molecule has 114 valence electrons. The normalized spacial score (nSPS) is 12.4. The molecule has 1 aromatic heterocycles. The molecular formula is C13H16BrN3O2S2. The van der Waals surface area contributed by atoms with Gasteiger partial charge in [-0.15, -0.1) is 11.3 Å². The Hall–Kier alpha value is -1.12. The number of hydrogen-bond acceptors (Lipinski definition) is 5. The Kier molecular flexibility index (Phi) is 4.32. The Morgan fingerprint density at radius 1 is 1.33 bits per heavy atom. The maximum absolute atomic E-state index is 12.4. The Morgan fingerprint density at radius 2 is 2.00 bits per heavy atom. The van der Waals surface area contributed by atoms with Gasteiger partial charge in [-0.3, -0.25) is 4.72 Å². The zero-order valence-corrected chi connectivity index (χ0v) is 15.1. The first-order chi connectivity index (χ1) is 9.59. The summed E-state index contributed by atoms with van der Waals surface area (Å²) < 4.78 is 27.9. The van der Waals surface area contributed by atoms with Crippen molar-refractivity contribution in [1.29, 1.82) is 0 Å². The smallest absolute Gasteiger partial charge is 0.265 e. The van der Waals surface area contributed by atoms with E-state index in [2.05, 4.69) is 25.6 Å². The molecule has 0 saturated heterocycles. The van der Waals surface area contributed by atoms with Gasteiger partial charge in [0.2, 0.25) is 0 Å². The zero-order chi connectivity index (χ0) is 15.8. The van der Waals surface area contributed by atoms with Crippen LogP contribution in [0, 0.1) is 0 Å². The van der Waals surface area contributed by atoms with Crippen molar-refractivity contribution in [2.24, 2.45) is 0 Å². The first-order valence-electron chi connectivity index (χ1n) is 6.13. The topological polar surface area (TPSA) is 85.1 Å². The number of sulfonamides is 1. The van der Waals surface area contributed by atoms with Crippen LogP contribution in [0.3, 0.4) is 0 Å². The second kappa shape index (κ2) is 5.58. The lowest BCUT2D eigenvalue weighted by Crippen LogP contribution is -2.16. The Morgan fingerprint density at radius 3 is 2.52 bits per heavy atom. The quantitative estimate of drug-likeness (QED) is 0.785. The summed E-state index contributed by atoms with van der Waals surface area (Å²) >= 11 is 4.50. The van der Waals surface area contributed by atoms with Gasteiger partial charge in [0.15, 0.2) is 5.13 Å². The van der Waals surface area contributed by atoms with Crippen LogP contribution in [0.5, 0.6) is 0 Å². The monoisotopic (exact) mass is 389 g/mol. The maximum Gasteiger partial charge on any atom is 0.265 e. The van der Waals surface area contributed by atoms with Crippen LogP contribution < -0.4 is 10.5 Å². The van der Waals surface area contributed by atoms with Gasteiger partial charge in [0.25, 0.3) is 10.0 Å². The molecule has 0 unspecified atom stereocenters. The van der Waals surface area contributed by atoms with Crippen LogP contribution in [0.15, 0.2) is 32.9 Å². The largest absolute Gasteiger partial charge is 0.398 e. The Balaban J connectivity index is 2.31. The number of aromatic nitrogens is 1. The SMILES string of the molecule is CC(C)(C)c1csc(NS(=O)(=O)c2ccc(Br)cc2N)n1. The highest BCUT2D eigenvalue weighted by Gasteiger charge is 2.22. The molecule has 5 nitrogen and oxygen atoms in total. The van der Waals surface area contributed by atoms with Gasteiger partial charge in [-0.1, -0.05) is 36.7 Å². The molecule has 0 spiro atoms. The van der Waals surface area contributed by atoms with Gasteiger partial charge in [-0.25, -0.2) is 13.4 Å². The first kappa shape index (κ1) is 16.3. The zero-order valence-electron chi connectivity index (χ0n) is 11.8. The lowest BCUT2D eigenvalue weighted by atomic mass is 9.93. The van der Waals surface area contributed by atoms with Gasteiger partial charge in [0.1, 0.15) is 4.90 Å². The van der Waals surface area contributed by atoms with E-state index in [0.29, 0.717) is 5.13 Å². The summed E-state index contributed by atoms with van der Waals surface area (Å²) in [6.07, 6.45) is 0. The number of hydrogen-bond donors (Lipinski definition) is 2. The van der Waals surface area contributed by atoms with Crippen molar-refractivity contribution < 1.29 is 8.42 Å². The number of nitrogens with two attached hydrogens (primary N) is 1. The van der Waals surface area contributed by atoms with E-state index < -0.39 is 10.0 Å². The van der Waals surface area contributed by atoms with Crippen LogP contribution in [0.2, 0.25) is 0 Å². The molecular weight excluding hydrogens is 374 g/mol. The summed E-state index contributed by atoms with van der Waals surface area (Å²) in [6.45, 7) is 6.06.